The molecule has 1 aliphatic heterocycles. The number of nitrogens with two attached hydrogens (primary N) is 1. The van der Waals surface area contributed by atoms with Crippen LogP contribution in [0.4, 0.5) is 14.5 Å². The number of halogens is 2. The summed E-state index contributed by atoms with van der Waals surface area (Å²) in [5, 5.41) is 3.03. The van der Waals surface area contributed by atoms with Gasteiger partial charge in [-0.25, -0.2) is 13.8 Å². The van der Waals surface area contributed by atoms with Crippen molar-refractivity contribution in [3.63, 3.8) is 0 Å². The number of nitrogens with one attached hydrogen (secondary N) is 1. The van der Waals surface area contributed by atoms with E-state index in [4.69, 9.17) is 10.5 Å². The molecule has 40 heavy (non-hydrogen) atoms. The number of anilines is 1. The van der Waals surface area contributed by atoms with Crippen LogP contribution in [0.1, 0.15) is 52.0 Å². The fourth-order valence-corrected chi connectivity index (χ4v) is 4.94. The highest BCUT2D eigenvalue weighted by atomic mass is 19.3. The Hall–Kier alpha value is -4.08. The third-order valence-corrected chi connectivity index (χ3v) is 6.98. The van der Waals surface area contributed by atoms with E-state index < -0.39 is 6.43 Å². The number of carbonyl (C=O) groups excluding carboxylic acids is 1. The van der Waals surface area contributed by atoms with Gasteiger partial charge in [0.15, 0.2) is 0 Å². The SMILES string of the molecule is Cc1cn(-c2cc(CN3CCCC(N)C3)cc(NC(=O)c3ccc(C)c(Oc4cccc(C(F)F)c4)c3)c2)cn1. The maximum Gasteiger partial charge on any atom is 0.263 e. The second kappa shape index (κ2) is 12.0. The second-order valence-electron chi connectivity index (χ2n) is 10.4. The Morgan fingerprint density at radius 3 is 2.75 bits per heavy atom. The molecule has 9 heteroatoms. The van der Waals surface area contributed by atoms with Gasteiger partial charge < -0.3 is 20.4 Å². The van der Waals surface area contributed by atoms with Gasteiger partial charge in [0.1, 0.15) is 11.5 Å². The van der Waals surface area contributed by atoms with E-state index in [-0.39, 0.29) is 23.3 Å². The summed E-state index contributed by atoms with van der Waals surface area (Å²) < 4.78 is 34.1. The van der Waals surface area contributed by atoms with E-state index in [2.05, 4.69) is 21.3 Å². The van der Waals surface area contributed by atoms with Gasteiger partial charge in [-0.15, -0.1) is 0 Å². The normalized spacial score (nSPS) is 15.8. The maximum absolute atomic E-state index is 13.4. The summed E-state index contributed by atoms with van der Waals surface area (Å²) in [6.45, 7) is 6.30. The number of alkyl halides is 2. The third kappa shape index (κ3) is 6.73. The molecule has 0 bridgehead atoms. The zero-order chi connectivity index (χ0) is 28.2. The van der Waals surface area contributed by atoms with E-state index in [1.54, 1.807) is 30.6 Å². The summed E-state index contributed by atoms with van der Waals surface area (Å²) in [4.78, 5) is 20.0. The lowest BCUT2D eigenvalue weighted by Gasteiger charge is -2.30. The first-order valence-electron chi connectivity index (χ1n) is 13.3. The molecule has 1 atom stereocenters. The molecule has 0 aliphatic carbocycles. The average Bonchev–Trinajstić information content (AvgIpc) is 3.36. The Labute approximate surface area is 232 Å². The molecule has 3 N–H and O–H groups in total. The summed E-state index contributed by atoms with van der Waals surface area (Å²) >= 11 is 0. The Morgan fingerprint density at radius 2 is 2.00 bits per heavy atom. The number of hydrogen-bond donors (Lipinski definition) is 2. The molecule has 1 aromatic heterocycles. The fourth-order valence-electron chi connectivity index (χ4n) is 4.94. The summed E-state index contributed by atoms with van der Waals surface area (Å²) in [6, 6.07) is 17.1. The molecule has 7 nitrogen and oxygen atoms in total. The van der Waals surface area contributed by atoms with Gasteiger partial charge in [0.05, 0.1) is 12.0 Å². The van der Waals surface area contributed by atoms with Crippen LogP contribution in [0.15, 0.2) is 73.2 Å². The minimum absolute atomic E-state index is 0.126. The lowest BCUT2D eigenvalue weighted by molar-refractivity contribution is 0.102. The molecule has 0 saturated carbocycles. The molecule has 2 heterocycles. The van der Waals surface area contributed by atoms with Gasteiger partial charge in [0, 0.05) is 47.8 Å². The quantitative estimate of drug-likeness (QED) is 0.268. The van der Waals surface area contributed by atoms with Gasteiger partial charge in [0.25, 0.3) is 12.3 Å². The molecular formula is C31H33F2N5O2. The molecular weight excluding hydrogens is 512 g/mol. The summed E-state index contributed by atoms with van der Waals surface area (Å²) in [7, 11) is 0. The van der Waals surface area contributed by atoms with Crippen LogP contribution in [0.2, 0.25) is 0 Å². The van der Waals surface area contributed by atoms with E-state index in [9.17, 15) is 13.6 Å². The van der Waals surface area contributed by atoms with Crippen LogP contribution in [0.25, 0.3) is 5.69 Å². The first kappa shape index (κ1) is 27.5. The van der Waals surface area contributed by atoms with E-state index in [1.807, 2.05) is 36.7 Å². The lowest BCUT2D eigenvalue weighted by Crippen LogP contribution is -2.42. The lowest BCUT2D eigenvalue weighted by atomic mass is 10.0. The number of rotatable bonds is 8. The number of imidazole rings is 1. The highest BCUT2D eigenvalue weighted by molar-refractivity contribution is 6.04. The first-order chi connectivity index (χ1) is 19.2. The number of piperidine rings is 1. The van der Waals surface area contributed by atoms with Crippen molar-refractivity contribution in [1.29, 1.82) is 0 Å². The van der Waals surface area contributed by atoms with Gasteiger partial charge in [0.2, 0.25) is 0 Å². The van der Waals surface area contributed by atoms with Crippen LogP contribution in [0.3, 0.4) is 0 Å². The Kier molecular flexibility index (Phi) is 8.23. The van der Waals surface area contributed by atoms with Crippen LogP contribution >= 0.6 is 0 Å². The van der Waals surface area contributed by atoms with E-state index >= 15 is 0 Å². The topological polar surface area (TPSA) is 85.4 Å². The Morgan fingerprint density at radius 1 is 1.15 bits per heavy atom. The minimum atomic E-state index is -2.60. The number of hydrogen-bond acceptors (Lipinski definition) is 5. The molecule has 0 spiro atoms. The molecule has 1 aliphatic rings. The van der Waals surface area contributed by atoms with E-state index in [0.29, 0.717) is 17.0 Å². The number of likely N-dealkylation sites (tertiary alicyclic amines) is 1. The number of benzene rings is 3. The third-order valence-electron chi connectivity index (χ3n) is 6.98. The number of ether oxygens (including phenoxy) is 1. The smallest absolute Gasteiger partial charge is 0.263 e. The molecule has 1 fully saturated rings. The highest BCUT2D eigenvalue weighted by Gasteiger charge is 2.18. The van der Waals surface area contributed by atoms with Crippen molar-refractivity contribution < 1.29 is 18.3 Å². The number of carbonyl (C=O) groups is 1. The van der Waals surface area contributed by atoms with Gasteiger partial charge in [-0.3, -0.25) is 9.69 Å². The molecule has 1 amide bonds. The second-order valence-corrected chi connectivity index (χ2v) is 10.4. The monoisotopic (exact) mass is 545 g/mol. The van der Waals surface area contributed by atoms with Crippen molar-refractivity contribution in [3.8, 4) is 17.2 Å². The van der Waals surface area contributed by atoms with Crippen LogP contribution in [0.5, 0.6) is 11.5 Å². The Balaban J connectivity index is 1.39. The van der Waals surface area contributed by atoms with Gasteiger partial charge in [-0.1, -0.05) is 18.2 Å². The van der Waals surface area contributed by atoms with Crippen LogP contribution in [0, 0.1) is 13.8 Å². The molecule has 1 saturated heterocycles. The van der Waals surface area contributed by atoms with Crippen molar-refractivity contribution in [2.45, 2.75) is 45.7 Å². The van der Waals surface area contributed by atoms with Crippen LogP contribution in [-0.2, 0) is 6.54 Å². The highest BCUT2D eigenvalue weighted by Crippen LogP contribution is 2.30. The summed E-state index contributed by atoms with van der Waals surface area (Å²) in [5.74, 6) is 0.392. The molecule has 208 valence electrons. The van der Waals surface area contributed by atoms with E-state index in [1.165, 1.54) is 18.2 Å². The van der Waals surface area contributed by atoms with E-state index in [0.717, 1.165) is 55.0 Å². The van der Waals surface area contributed by atoms with Crippen molar-refractivity contribution in [2.24, 2.45) is 5.73 Å². The first-order valence-corrected chi connectivity index (χ1v) is 13.3. The summed E-state index contributed by atoms with van der Waals surface area (Å²) in [6.07, 6.45) is 3.19. The van der Waals surface area contributed by atoms with Gasteiger partial charge in [-0.05, 0) is 86.8 Å². The maximum atomic E-state index is 13.4. The zero-order valence-corrected chi connectivity index (χ0v) is 22.6. The number of amides is 1. The molecule has 5 rings (SSSR count). The van der Waals surface area contributed by atoms with Crippen LogP contribution < -0.4 is 15.8 Å². The van der Waals surface area contributed by atoms with Gasteiger partial charge in [-0.2, -0.15) is 0 Å². The number of aryl methyl sites for hydroxylation is 2. The number of nitrogens with zero attached hydrogens (tertiary/aromatic N) is 3. The molecule has 3 aromatic carbocycles. The predicted molar refractivity (Wildman–Crippen MR) is 151 cm³/mol. The standard InChI is InChI=1S/C31H33F2N5O2/c1-20-8-9-24(14-29(20)40-28-7-3-5-23(13-28)30(32)33)31(39)36-26-11-22(17-37-10-4-6-25(34)18-37)12-27(15-26)38-16-21(2)35-19-38/h3,5,7-9,11-16,19,25,30H,4,6,10,17-18,34H2,1-2H3,(H,36,39). The van der Waals surface area contributed by atoms with Crippen molar-refractivity contribution >= 4 is 11.6 Å². The molecule has 0 radical (unpaired) electrons. The average molecular weight is 546 g/mol. The zero-order valence-electron chi connectivity index (χ0n) is 22.6. The van der Waals surface area contributed by atoms with Crippen LogP contribution in [-0.4, -0.2) is 39.5 Å². The fraction of sp³-hybridized carbons (Fsp3) is 0.290. The predicted octanol–water partition coefficient (Wildman–Crippen LogP) is 6.39. The molecule has 4 aromatic rings. The Bertz CT molecular complexity index is 1500. The van der Waals surface area contributed by atoms with Crippen molar-refractivity contribution in [2.75, 3.05) is 18.4 Å². The van der Waals surface area contributed by atoms with Gasteiger partial charge >= 0.3 is 0 Å². The molecule has 1 unspecified atom stereocenters. The van der Waals surface area contributed by atoms with Crippen molar-refractivity contribution in [1.82, 2.24) is 14.5 Å². The van der Waals surface area contributed by atoms with Crippen molar-refractivity contribution in [3.05, 3.63) is 101 Å². The largest absolute Gasteiger partial charge is 0.457 e. The minimum Gasteiger partial charge on any atom is -0.457 e. The number of aromatic nitrogens is 2. The summed E-state index contributed by atoms with van der Waals surface area (Å²) in [5.41, 5.74) is 10.7.